The van der Waals surface area contributed by atoms with Gasteiger partial charge >= 0.3 is 0 Å². The number of ether oxygens (including phenoxy) is 6. The van der Waals surface area contributed by atoms with Crippen LogP contribution >= 0.6 is 47.0 Å². The van der Waals surface area contributed by atoms with Gasteiger partial charge in [0.05, 0.1) is 57.4 Å². The van der Waals surface area contributed by atoms with E-state index in [9.17, 15) is 5.11 Å². The maximum absolute atomic E-state index is 11.4. The minimum Gasteiger partial charge on any atom is -0.487 e. The summed E-state index contributed by atoms with van der Waals surface area (Å²) < 4.78 is 34.5. The average molecular weight is 565 g/mol. The highest BCUT2D eigenvalue weighted by atomic mass is 32.2. The number of para-hydroxylation sites is 1. The summed E-state index contributed by atoms with van der Waals surface area (Å²) in [5.74, 6) is 5.83. The molecule has 0 amide bonds. The molecule has 35 heavy (non-hydrogen) atoms. The molecule has 0 radical (unpaired) electrons. The second-order valence-corrected chi connectivity index (χ2v) is 13.5. The summed E-state index contributed by atoms with van der Waals surface area (Å²) in [6.07, 6.45) is -0.648. The van der Waals surface area contributed by atoms with E-state index < -0.39 is 6.10 Å². The number of benzene rings is 1. The molecule has 0 aliphatic carbocycles. The van der Waals surface area contributed by atoms with Gasteiger partial charge in [0, 0.05) is 39.1 Å². The standard InChI is InChI=1S/C24H36O7S4/c25-21(23-34-16-24(17-35-23)14-32-18-33-15-24)19-2-1-3-20-22(19)31-13-11-29-9-7-27-5-4-26-6-8-28-10-12-30-20/h1-3,21,23,25H,4-18H2. The van der Waals surface area contributed by atoms with Gasteiger partial charge in [0.15, 0.2) is 11.5 Å². The summed E-state index contributed by atoms with van der Waals surface area (Å²) in [6.45, 7) is 4.73. The van der Waals surface area contributed by atoms with Crippen molar-refractivity contribution in [2.75, 3.05) is 94.2 Å². The Kier molecular flexibility index (Phi) is 12.4. The second-order valence-electron chi connectivity index (χ2n) is 8.57. The van der Waals surface area contributed by atoms with E-state index in [0.29, 0.717) is 83.0 Å². The topological polar surface area (TPSA) is 75.6 Å². The van der Waals surface area contributed by atoms with Crippen LogP contribution in [0, 0.1) is 5.41 Å². The van der Waals surface area contributed by atoms with E-state index in [1.165, 1.54) is 16.6 Å². The van der Waals surface area contributed by atoms with Crippen molar-refractivity contribution < 1.29 is 33.5 Å². The highest BCUT2D eigenvalue weighted by Gasteiger charge is 2.40. The highest BCUT2D eigenvalue weighted by Crippen LogP contribution is 2.51. The second kappa shape index (κ2) is 15.4. The maximum atomic E-state index is 11.4. The summed E-state index contributed by atoms with van der Waals surface area (Å²) in [5, 5.41) is 12.6. The molecule has 2 saturated heterocycles. The number of fused-ring (bicyclic) bond motifs is 1. The number of hydrogen-bond acceptors (Lipinski definition) is 11. The third kappa shape index (κ3) is 8.78. The number of aliphatic hydroxyl groups is 1. The van der Waals surface area contributed by atoms with E-state index in [2.05, 4.69) is 0 Å². The van der Waals surface area contributed by atoms with Crippen LogP contribution in [0.4, 0.5) is 0 Å². The van der Waals surface area contributed by atoms with Gasteiger partial charge in [-0.05, 0) is 6.07 Å². The van der Waals surface area contributed by atoms with E-state index >= 15 is 0 Å². The number of aliphatic hydroxyl groups excluding tert-OH is 1. The highest BCUT2D eigenvalue weighted by molar-refractivity contribution is 8.18. The zero-order valence-electron chi connectivity index (χ0n) is 20.0. The SMILES string of the molecule is OC(c1cccc2c1OCCOCCOCCOCCOCCO2)C1SCC2(CSCSC2)CS1. The van der Waals surface area contributed by atoms with Gasteiger partial charge in [-0.3, -0.25) is 0 Å². The van der Waals surface area contributed by atoms with Gasteiger partial charge in [0.1, 0.15) is 19.3 Å². The molecule has 4 rings (SSSR count). The lowest BCUT2D eigenvalue weighted by atomic mass is 9.99. The molecule has 0 bridgehead atoms. The lowest BCUT2D eigenvalue weighted by Gasteiger charge is -2.42. The molecule has 1 aromatic carbocycles. The summed E-state index contributed by atoms with van der Waals surface area (Å²) in [7, 11) is 0. The van der Waals surface area contributed by atoms with Crippen molar-refractivity contribution in [3.05, 3.63) is 23.8 Å². The molecule has 3 heterocycles. The van der Waals surface area contributed by atoms with Crippen LogP contribution in [0.1, 0.15) is 11.7 Å². The first-order chi connectivity index (χ1) is 17.3. The third-order valence-corrected chi connectivity index (χ3v) is 12.3. The number of rotatable bonds is 2. The lowest BCUT2D eigenvalue weighted by Crippen LogP contribution is -2.40. The molecule has 1 spiro atoms. The predicted octanol–water partition coefficient (Wildman–Crippen LogP) is 3.79. The quantitative estimate of drug-likeness (QED) is 0.570. The van der Waals surface area contributed by atoms with Crippen molar-refractivity contribution in [2.24, 2.45) is 5.41 Å². The summed E-state index contributed by atoms with van der Waals surface area (Å²) in [6, 6.07) is 5.75. The van der Waals surface area contributed by atoms with Gasteiger partial charge in [-0.1, -0.05) is 12.1 Å². The zero-order chi connectivity index (χ0) is 24.2. The largest absolute Gasteiger partial charge is 0.487 e. The van der Waals surface area contributed by atoms with Crippen LogP contribution in [-0.2, 0) is 18.9 Å². The molecule has 0 aromatic heterocycles. The van der Waals surface area contributed by atoms with Gasteiger partial charge in [-0.2, -0.15) is 23.5 Å². The molecule has 7 nitrogen and oxygen atoms in total. The molecule has 1 unspecified atom stereocenters. The minimum absolute atomic E-state index is 0.0671. The average Bonchev–Trinajstić information content (AvgIpc) is 2.89. The Labute approximate surface area is 225 Å². The maximum Gasteiger partial charge on any atom is 0.167 e. The molecule has 1 N–H and O–H groups in total. The van der Waals surface area contributed by atoms with Crippen molar-refractivity contribution in [2.45, 2.75) is 10.7 Å². The van der Waals surface area contributed by atoms with Crippen LogP contribution in [0.5, 0.6) is 11.5 Å². The minimum atomic E-state index is -0.648. The Bertz CT molecular complexity index is 741. The molecular formula is C24H36O7S4. The van der Waals surface area contributed by atoms with Crippen LogP contribution in [-0.4, -0.2) is 104 Å². The van der Waals surface area contributed by atoms with Gasteiger partial charge in [-0.15, -0.1) is 23.5 Å². The first-order valence-electron chi connectivity index (χ1n) is 12.0. The van der Waals surface area contributed by atoms with Crippen LogP contribution < -0.4 is 9.47 Å². The fourth-order valence-electron chi connectivity index (χ4n) is 3.93. The van der Waals surface area contributed by atoms with Crippen LogP contribution in [0.3, 0.4) is 0 Å². The Morgan fingerprint density at radius 3 is 1.86 bits per heavy atom. The van der Waals surface area contributed by atoms with E-state index in [1.54, 1.807) is 0 Å². The van der Waals surface area contributed by atoms with Gasteiger partial charge in [-0.25, -0.2) is 0 Å². The van der Waals surface area contributed by atoms with Gasteiger partial charge in [0.25, 0.3) is 0 Å². The van der Waals surface area contributed by atoms with Crippen molar-refractivity contribution in [1.82, 2.24) is 0 Å². The van der Waals surface area contributed by atoms with Gasteiger partial charge in [0.2, 0.25) is 0 Å². The third-order valence-electron chi connectivity index (χ3n) is 5.75. The van der Waals surface area contributed by atoms with E-state index in [-0.39, 0.29) is 4.58 Å². The fraction of sp³-hybridized carbons (Fsp3) is 0.750. The lowest BCUT2D eigenvalue weighted by molar-refractivity contribution is -0.00855. The van der Waals surface area contributed by atoms with E-state index in [4.69, 9.17) is 28.4 Å². The van der Waals surface area contributed by atoms with E-state index in [1.807, 2.05) is 65.2 Å². The smallest absolute Gasteiger partial charge is 0.167 e. The fourth-order valence-corrected chi connectivity index (χ4v) is 10.4. The molecule has 11 heteroatoms. The van der Waals surface area contributed by atoms with Crippen molar-refractivity contribution in [3.63, 3.8) is 0 Å². The first-order valence-corrected chi connectivity index (χ1v) is 16.4. The normalized spacial score (nSPS) is 24.8. The summed E-state index contributed by atoms with van der Waals surface area (Å²) >= 11 is 7.84. The molecule has 1 aromatic rings. The van der Waals surface area contributed by atoms with Crippen molar-refractivity contribution in [1.29, 1.82) is 0 Å². The van der Waals surface area contributed by atoms with E-state index in [0.717, 1.165) is 17.1 Å². The van der Waals surface area contributed by atoms with Gasteiger partial charge < -0.3 is 33.5 Å². The molecular weight excluding hydrogens is 529 g/mol. The molecule has 2 fully saturated rings. The monoisotopic (exact) mass is 564 g/mol. The first kappa shape index (κ1) is 28.0. The molecule has 3 aliphatic heterocycles. The van der Waals surface area contributed by atoms with Crippen LogP contribution in [0.15, 0.2) is 18.2 Å². The number of thioether (sulfide) groups is 4. The zero-order valence-corrected chi connectivity index (χ0v) is 23.3. The predicted molar refractivity (Wildman–Crippen MR) is 147 cm³/mol. The number of hydrogen-bond donors (Lipinski definition) is 1. The summed E-state index contributed by atoms with van der Waals surface area (Å²) in [4.78, 5) is 0. The Morgan fingerprint density at radius 2 is 1.26 bits per heavy atom. The van der Waals surface area contributed by atoms with Crippen molar-refractivity contribution in [3.8, 4) is 11.5 Å². The molecule has 1 atom stereocenters. The summed E-state index contributed by atoms with van der Waals surface area (Å²) in [5.41, 5.74) is 1.15. The molecule has 3 aliphatic rings. The Balaban J connectivity index is 1.40. The van der Waals surface area contributed by atoms with Crippen LogP contribution in [0.25, 0.3) is 0 Å². The Hall–Kier alpha value is 0.0200. The van der Waals surface area contributed by atoms with Crippen molar-refractivity contribution >= 4 is 47.0 Å². The molecule has 0 saturated carbocycles. The molecule has 198 valence electrons. The van der Waals surface area contributed by atoms with Crippen LogP contribution in [0.2, 0.25) is 0 Å². The Morgan fingerprint density at radius 1 is 0.714 bits per heavy atom.